The molecule has 3 aliphatic rings. The van der Waals surface area contributed by atoms with Crippen LogP contribution < -0.4 is 4.90 Å². The van der Waals surface area contributed by atoms with Crippen molar-refractivity contribution in [2.24, 2.45) is 5.92 Å². The third kappa shape index (κ3) is 4.14. The Morgan fingerprint density at radius 3 is 2.32 bits per heavy atom. The second kappa shape index (κ2) is 8.63. The van der Waals surface area contributed by atoms with Gasteiger partial charge in [-0.1, -0.05) is 30.3 Å². The van der Waals surface area contributed by atoms with Gasteiger partial charge in [-0.3, -0.25) is 19.3 Å². The summed E-state index contributed by atoms with van der Waals surface area (Å²) in [5, 5.41) is 0. The molecular weight excluding hydrogens is 454 g/mol. The van der Waals surface area contributed by atoms with E-state index < -0.39 is 21.8 Å². The van der Waals surface area contributed by atoms with Crippen molar-refractivity contribution in [3.63, 3.8) is 0 Å². The minimum absolute atomic E-state index is 0.0302. The molecular formula is C25H27N3O5S. The zero-order valence-corrected chi connectivity index (χ0v) is 19.8. The summed E-state index contributed by atoms with van der Waals surface area (Å²) < 4.78 is 27.6. The normalized spacial score (nSPS) is 21.1. The molecule has 1 saturated heterocycles. The lowest BCUT2D eigenvalue weighted by molar-refractivity contribution is -0.149. The van der Waals surface area contributed by atoms with Crippen LogP contribution in [0.25, 0.3) is 0 Å². The van der Waals surface area contributed by atoms with Crippen LogP contribution >= 0.6 is 0 Å². The van der Waals surface area contributed by atoms with Crippen LogP contribution in [0, 0.1) is 5.92 Å². The van der Waals surface area contributed by atoms with Crippen LogP contribution in [0.4, 0.5) is 5.69 Å². The summed E-state index contributed by atoms with van der Waals surface area (Å²) in [6, 6.07) is 14.2. The lowest BCUT2D eigenvalue weighted by Crippen LogP contribution is -2.55. The average molecular weight is 482 g/mol. The molecule has 0 aromatic heterocycles. The van der Waals surface area contributed by atoms with Crippen LogP contribution in [0.15, 0.2) is 53.4 Å². The van der Waals surface area contributed by atoms with E-state index in [9.17, 15) is 22.8 Å². The van der Waals surface area contributed by atoms with Gasteiger partial charge in [0.2, 0.25) is 27.7 Å². The molecule has 5 rings (SSSR count). The summed E-state index contributed by atoms with van der Waals surface area (Å²) in [5.41, 5.74) is 2.54. The second-order valence-electron chi connectivity index (χ2n) is 9.27. The fraction of sp³-hybridized carbons (Fsp3) is 0.400. The zero-order chi connectivity index (χ0) is 24.0. The molecule has 1 saturated carbocycles. The van der Waals surface area contributed by atoms with Gasteiger partial charge in [-0.15, -0.1) is 0 Å². The number of carbonyl (C=O) groups is 3. The molecule has 2 aliphatic heterocycles. The molecule has 0 radical (unpaired) electrons. The minimum Gasteiger partial charge on any atom is -0.309 e. The van der Waals surface area contributed by atoms with Crippen LogP contribution in [0.1, 0.15) is 30.9 Å². The highest BCUT2D eigenvalue weighted by atomic mass is 32.2. The Hall–Kier alpha value is -3.04. The number of piperazine rings is 1. The standard InChI is InChI=1S/C25H27N3O5S/c1-17-13-20-14-21(9-10-22(20)28(17)25(31)19-7-8-19)34(32,33)26-15-23(29)27(24(30)16-26)12-11-18-5-3-2-4-6-18/h2-6,9-10,14,17,19H,7-8,11-13,15-16H2,1H3/t17-/m1/s1. The van der Waals surface area contributed by atoms with E-state index in [2.05, 4.69) is 0 Å². The first-order chi connectivity index (χ1) is 16.3. The number of amides is 3. The molecule has 2 aromatic rings. The highest BCUT2D eigenvalue weighted by Gasteiger charge is 2.41. The molecule has 2 heterocycles. The summed E-state index contributed by atoms with van der Waals surface area (Å²) in [6.45, 7) is 1.43. The lowest BCUT2D eigenvalue weighted by Gasteiger charge is -2.32. The molecule has 34 heavy (non-hydrogen) atoms. The molecule has 8 nitrogen and oxygen atoms in total. The molecule has 178 valence electrons. The van der Waals surface area contributed by atoms with E-state index in [-0.39, 0.29) is 42.4 Å². The smallest absolute Gasteiger partial charge is 0.244 e. The van der Waals surface area contributed by atoms with Gasteiger partial charge in [0.25, 0.3) is 0 Å². The predicted molar refractivity (Wildman–Crippen MR) is 125 cm³/mol. The van der Waals surface area contributed by atoms with Crippen molar-refractivity contribution in [2.75, 3.05) is 24.5 Å². The first kappa shape index (κ1) is 22.7. The summed E-state index contributed by atoms with van der Waals surface area (Å²) in [7, 11) is -4.04. The zero-order valence-electron chi connectivity index (χ0n) is 19.0. The van der Waals surface area contributed by atoms with E-state index in [1.807, 2.05) is 37.3 Å². The van der Waals surface area contributed by atoms with Crippen molar-refractivity contribution < 1.29 is 22.8 Å². The number of fused-ring (bicyclic) bond motifs is 1. The van der Waals surface area contributed by atoms with Crippen molar-refractivity contribution in [3.8, 4) is 0 Å². The second-order valence-corrected chi connectivity index (χ2v) is 11.2. The Morgan fingerprint density at radius 2 is 1.68 bits per heavy atom. The van der Waals surface area contributed by atoms with Crippen LogP contribution in [-0.4, -0.2) is 61.0 Å². The molecule has 0 unspecified atom stereocenters. The van der Waals surface area contributed by atoms with E-state index in [0.717, 1.165) is 38.9 Å². The Bertz CT molecular complexity index is 1240. The fourth-order valence-corrected chi connectivity index (χ4v) is 6.14. The minimum atomic E-state index is -4.04. The predicted octanol–water partition coefficient (Wildman–Crippen LogP) is 1.98. The quantitative estimate of drug-likeness (QED) is 0.588. The number of anilines is 1. The van der Waals surface area contributed by atoms with Gasteiger partial charge in [0.15, 0.2) is 0 Å². The molecule has 0 bridgehead atoms. The van der Waals surface area contributed by atoms with Crippen molar-refractivity contribution in [3.05, 3.63) is 59.7 Å². The first-order valence-corrected chi connectivity index (χ1v) is 13.0. The summed E-state index contributed by atoms with van der Waals surface area (Å²) in [5.74, 6) is -0.866. The number of benzene rings is 2. The first-order valence-electron chi connectivity index (χ1n) is 11.6. The molecule has 1 aliphatic carbocycles. The highest BCUT2D eigenvalue weighted by Crippen LogP contribution is 2.39. The third-order valence-electron chi connectivity index (χ3n) is 6.76. The van der Waals surface area contributed by atoms with Gasteiger partial charge in [-0.25, -0.2) is 8.42 Å². The lowest BCUT2D eigenvalue weighted by atomic mass is 10.1. The van der Waals surface area contributed by atoms with E-state index in [1.165, 1.54) is 6.07 Å². The van der Waals surface area contributed by atoms with Gasteiger partial charge in [-0.2, -0.15) is 4.31 Å². The van der Waals surface area contributed by atoms with Gasteiger partial charge in [0.1, 0.15) is 0 Å². The van der Waals surface area contributed by atoms with Crippen LogP contribution in [0.2, 0.25) is 0 Å². The number of hydrogen-bond acceptors (Lipinski definition) is 5. The molecule has 1 atom stereocenters. The van der Waals surface area contributed by atoms with Gasteiger partial charge >= 0.3 is 0 Å². The monoisotopic (exact) mass is 481 g/mol. The van der Waals surface area contributed by atoms with E-state index >= 15 is 0 Å². The molecule has 0 spiro atoms. The summed E-state index contributed by atoms with van der Waals surface area (Å²) in [6.07, 6.45) is 2.90. The van der Waals surface area contributed by atoms with Gasteiger partial charge in [0.05, 0.1) is 18.0 Å². The van der Waals surface area contributed by atoms with Crippen LogP contribution in [-0.2, 0) is 37.2 Å². The van der Waals surface area contributed by atoms with Gasteiger partial charge < -0.3 is 4.90 Å². The SMILES string of the molecule is C[C@@H]1Cc2cc(S(=O)(=O)N3CC(=O)N(CCc4ccccc4)C(=O)C3)ccc2N1C(=O)C1CC1. The maximum atomic E-state index is 13.3. The molecule has 9 heteroatoms. The Labute approximate surface area is 199 Å². The Morgan fingerprint density at radius 1 is 1.00 bits per heavy atom. The van der Waals surface area contributed by atoms with Crippen molar-refractivity contribution in [2.45, 2.75) is 43.5 Å². The van der Waals surface area contributed by atoms with Crippen molar-refractivity contribution in [1.29, 1.82) is 0 Å². The van der Waals surface area contributed by atoms with E-state index in [0.29, 0.717) is 12.8 Å². The Balaban J connectivity index is 1.31. The van der Waals surface area contributed by atoms with Crippen molar-refractivity contribution >= 4 is 33.4 Å². The molecule has 0 N–H and O–H groups in total. The maximum absolute atomic E-state index is 13.3. The van der Waals surface area contributed by atoms with E-state index in [4.69, 9.17) is 0 Å². The number of carbonyl (C=O) groups excluding carboxylic acids is 3. The number of imide groups is 1. The molecule has 3 amide bonds. The number of hydrogen-bond donors (Lipinski definition) is 0. The molecule has 2 aromatic carbocycles. The Kier molecular flexibility index (Phi) is 5.77. The van der Waals surface area contributed by atoms with E-state index in [1.54, 1.807) is 17.0 Å². The topological polar surface area (TPSA) is 95.1 Å². The maximum Gasteiger partial charge on any atom is 0.244 e. The van der Waals surface area contributed by atoms with Crippen LogP contribution in [0.5, 0.6) is 0 Å². The summed E-state index contributed by atoms with van der Waals surface area (Å²) >= 11 is 0. The highest BCUT2D eigenvalue weighted by molar-refractivity contribution is 7.89. The molecule has 2 fully saturated rings. The number of sulfonamides is 1. The largest absolute Gasteiger partial charge is 0.309 e. The average Bonchev–Trinajstić information content (AvgIpc) is 3.60. The third-order valence-corrected chi connectivity index (χ3v) is 8.55. The fourth-order valence-electron chi connectivity index (χ4n) is 4.75. The van der Waals surface area contributed by atoms with Crippen LogP contribution in [0.3, 0.4) is 0 Å². The van der Waals surface area contributed by atoms with Crippen molar-refractivity contribution in [1.82, 2.24) is 9.21 Å². The number of nitrogens with zero attached hydrogens (tertiary/aromatic N) is 3. The number of rotatable bonds is 6. The van der Waals surface area contributed by atoms with Gasteiger partial charge in [-0.05, 0) is 61.9 Å². The summed E-state index contributed by atoms with van der Waals surface area (Å²) in [4.78, 5) is 41.0. The van der Waals surface area contributed by atoms with Gasteiger partial charge in [0, 0.05) is 24.2 Å².